The summed E-state index contributed by atoms with van der Waals surface area (Å²) in [7, 11) is 0. The second-order valence-corrected chi connectivity index (χ2v) is 15.1. The largest absolute Gasteiger partial charge is 0.458 e. The zero-order chi connectivity index (χ0) is 36.2. The van der Waals surface area contributed by atoms with Crippen molar-refractivity contribution in [1.29, 1.82) is 0 Å². The molecule has 0 aromatic carbocycles. The van der Waals surface area contributed by atoms with Crippen molar-refractivity contribution in [3.63, 3.8) is 0 Å². The van der Waals surface area contributed by atoms with E-state index in [-0.39, 0.29) is 42.5 Å². The molecule has 0 aromatic heterocycles. The first-order chi connectivity index (χ1) is 22.5. The maximum atomic E-state index is 14.5. The summed E-state index contributed by atoms with van der Waals surface area (Å²) in [5, 5.41) is 10.9. The van der Waals surface area contributed by atoms with Gasteiger partial charge in [0.1, 0.15) is 23.7 Å². The van der Waals surface area contributed by atoms with Crippen LogP contribution in [0.15, 0.2) is 12.7 Å². The van der Waals surface area contributed by atoms with Gasteiger partial charge in [-0.15, -0.1) is 6.58 Å². The number of Topliss-reactive ketones (excluding diaryl/α,β-unsaturated/α-hetero) is 1. The van der Waals surface area contributed by atoms with Crippen LogP contribution < -0.4 is 21.3 Å². The summed E-state index contributed by atoms with van der Waals surface area (Å²) in [6.07, 6.45) is 7.88. The standard InChI is InChI=1S/C36H61N5O7/c1-10-12-18-26(30(42)32(44)37-19-11-2)38-31(43)27-20-25(22(3)4)21-41(27)33(45)29(24-16-14-13-15-17-24)40-35(47)39-28(23(5)6)34(46)48-36(7,8)9/h11,22-29H,2,10,12-21H2,1,3-9H3,(H,37,44)(H,38,43)(H2,39,40,47)/t25-,26?,27+,28+,29+/m1/s1. The van der Waals surface area contributed by atoms with Gasteiger partial charge in [-0.05, 0) is 70.1 Å². The normalized spacial score (nSPS) is 20.4. The minimum atomic E-state index is -1.03. The lowest BCUT2D eigenvalue weighted by atomic mass is 9.83. The summed E-state index contributed by atoms with van der Waals surface area (Å²) in [6, 6.07) is -4.40. The number of nitrogens with one attached hydrogen (secondary N) is 4. The van der Waals surface area contributed by atoms with Gasteiger partial charge in [-0.1, -0.05) is 72.8 Å². The van der Waals surface area contributed by atoms with E-state index in [9.17, 15) is 28.8 Å². The number of hydrogen-bond acceptors (Lipinski definition) is 7. The molecule has 12 nitrogen and oxygen atoms in total. The zero-order valence-electron chi connectivity index (χ0n) is 30.5. The smallest absolute Gasteiger partial charge is 0.329 e. The van der Waals surface area contributed by atoms with Crippen LogP contribution in [0.5, 0.6) is 0 Å². The third kappa shape index (κ3) is 12.2. The van der Waals surface area contributed by atoms with Crippen molar-refractivity contribution >= 4 is 35.5 Å². The van der Waals surface area contributed by atoms with Gasteiger partial charge in [0.25, 0.3) is 5.91 Å². The molecule has 0 aromatic rings. The minimum absolute atomic E-state index is 0.0173. The topological polar surface area (TPSA) is 163 Å². The first-order valence-corrected chi connectivity index (χ1v) is 17.8. The van der Waals surface area contributed by atoms with Crippen LogP contribution in [-0.4, -0.2) is 83.3 Å². The predicted octanol–water partition coefficient (Wildman–Crippen LogP) is 4.02. The number of likely N-dealkylation sites (tertiary alicyclic amines) is 1. The molecule has 2 fully saturated rings. The molecule has 12 heteroatoms. The highest BCUT2D eigenvalue weighted by Crippen LogP contribution is 2.33. The number of esters is 1. The van der Waals surface area contributed by atoms with E-state index in [4.69, 9.17) is 4.74 Å². The number of amides is 5. The number of carbonyl (C=O) groups excluding carboxylic acids is 6. The maximum Gasteiger partial charge on any atom is 0.329 e. The van der Waals surface area contributed by atoms with Gasteiger partial charge < -0.3 is 30.9 Å². The fourth-order valence-corrected chi connectivity index (χ4v) is 6.41. The highest BCUT2D eigenvalue weighted by Gasteiger charge is 2.45. The van der Waals surface area contributed by atoms with Crippen molar-refractivity contribution in [2.45, 2.75) is 143 Å². The van der Waals surface area contributed by atoms with E-state index in [0.29, 0.717) is 19.4 Å². The number of ether oxygens (including phenoxy) is 1. The SMILES string of the molecule is C=CCNC(=O)C(=O)C(CCCC)NC(=O)[C@@H]1C[C@@H](C(C)C)CN1C(=O)[C@@H](NC(=O)N[C@H](C(=O)OC(C)(C)C)C(C)C)C1CCCCC1. The van der Waals surface area contributed by atoms with Crippen molar-refractivity contribution in [3.05, 3.63) is 12.7 Å². The Morgan fingerprint density at radius 3 is 2.12 bits per heavy atom. The van der Waals surface area contributed by atoms with E-state index in [1.165, 1.54) is 6.08 Å². The summed E-state index contributed by atoms with van der Waals surface area (Å²) >= 11 is 0. The molecule has 2 rings (SSSR count). The maximum absolute atomic E-state index is 14.5. The van der Waals surface area contributed by atoms with Crippen LogP contribution in [-0.2, 0) is 28.7 Å². The van der Waals surface area contributed by atoms with Gasteiger partial charge in [0.05, 0.1) is 6.04 Å². The van der Waals surface area contributed by atoms with Crippen LogP contribution in [0.3, 0.4) is 0 Å². The van der Waals surface area contributed by atoms with Crippen molar-refractivity contribution < 1.29 is 33.5 Å². The molecule has 1 saturated heterocycles. The minimum Gasteiger partial charge on any atom is -0.458 e. The number of rotatable bonds is 16. The van der Waals surface area contributed by atoms with Crippen molar-refractivity contribution in [2.75, 3.05) is 13.1 Å². The highest BCUT2D eigenvalue weighted by molar-refractivity contribution is 6.38. The molecule has 0 spiro atoms. The van der Waals surface area contributed by atoms with Crippen LogP contribution >= 0.6 is 0 Å². The van der Waals surface area contributed by atoms with E-state index in [2.05, 4.69) is 27.8 Å². The van der Waals surface area contributed by atoms with E-state index < -0.39 is 59.4 Å². The number of nitrogens with zero attached hydrogens (tertiary/aromatic N) is 1. The van der Waals surface area contributed by atoms with Crippen molar-refractivity contribution in [3.8, 4) is 0 Å². The fraction of sp³-hybridized carbons (Fsp3) is 0.778. The Kier molecular flexibility index (Phi) is 16.1. The van der Waals surface area contributed by atoms with Crippen molar-refractivity contribution in [2.24, 2.45) is 23.7 Å². The van der Waals surface area contributed by atoms with Crippen LogP contribution in [0.2, 0.25) is 0 Å². The molecule has 2 aliphatic rings. The highest BCUT2D eigenvalue weighted by atomic mass is 16.6. The number of hydrogen-bond donors (Lipinski definition) is 4. The van der Waals surface area contributed by atoms with Crippen molar-refractivity contribution in [1.82, 2.24) is 26.2 Å². The Morgan fingerprint density at radius 1 is 0.938 bits per heavy atom. The summed E-state index contributed by atoms with van der Waals surface area (Å²) in [4.78, 5) is 82.0. The molecular weight excluding hydrogens is 614 g/mol. The number of ketones is 1. The summed E-state index contributed by atoms with van der Waals surface area (Å²) in [5.41, 5.74) is -0.739. The Labute approximate surface area is 287 Å². The van der Waals surface area contributed by atoms with Crippen LogP contribution in [0.25, 0.3) is 0 Å². The third-order valence-electron chi connectivity index (χ3n) is 9.26. The Bertz CT molecular complexity index is 1140. The van der Waals surface area contributed by atoms with Gasteiger partial charge in [0.2, 0.25) is 17.6 Å². The molecule has 4 N–H and O–H groups in total. The number of unbranched alkanes of at least 4 members (excludes halogenated alkanes) is 1. The molecule has 1 unspecified atom stereocenters. The molecule has 272 valence electrons. The van der Waals surface area contributed by atoms with Gasteiger partial charge in [-0.25, -0.2) is 9.59 Å². The Balaban J connectivity index is 2.36. The second kappa shape index (κ2) is 18.9. The quantitative estimate of drug-likeness (QED) is 0.109. The van der Waals surface area contributed by atoms with E-state index >= 15 is 0 Å². The van der Waals surface area contributed by atoms with Crippen LogP contribution in [0.1, 0.15) is 113 Å². The van der Waals surface area contributed by atoms with Crippen LogP contribution in [0, 0.1) is 23.7 Å². The van der Waals surface area contributed by atoms with Crippen LogP contribution in [0.4, 0.5) is 4.79 Å². The molecule has 5 amide bonds. The average Bonchev–Trinajstić information content (AvgIpc) is 3.48. The van der Waals surface area contributed by atoms with Gasteiger partial charge in [0.15, 0.2) is 0 Å². The second-order valence-electron chi connectivity index (χ2n) is 15.1. The molecule has 1 heterocycles. The summed E-state index contributed by atoms with van der Waals surface area (Å²) in [5.74, 6) is -3.18. The molecule has 0 bridgehead atoms. The summed E-state index contributed by atoms with van der Waals surface area (Å²) < 4.78 is 5.54. The lowest BCUT2D eigenvalue weighted by Gasteiger charge is -2.35. The lowest BCUT2D eigenvalue weighted by molar-refractivity contribution is -0.158. The monoisotopic (exact) mass is 675 g/mol. The number of urea groups is 1. The van der Waals surface area contributed by atoms with Gasteiger partial charge in [-0.2, -0.15) is 0 Å². The average molecular weight is 676 g/mol. The first-order valence-electron chi connectivity index (χ1n) is 17.8. The van der Waals surface area contributed by atoms with E-state index in [1.807, 2.05) is 20.8 Å². The first kappa shape index (κ1) is 40.7. The zero-order valence-corrected chi connectivity index (χ0v) is 30.5. The molecule has 1 aliphatic carbocycles. The molecule has 0 radical (unpaired) electrons. The van der Waals surface area contributed by atoms with E-state index in [0.717, 1.165) is 38.5 Å². The molecule has 5 atom stereocenters. The third-order valence-corrected chi connectivity index (χ3v) is 9.26. The number of carbonyl (C=O) groups is 6. The van der Waals surface area contributed by atoms with Gasteiger partial charge >= 0.3 is 12.0 Å². The summed E-state index contributed by atoms with van der Waals surface area (Å²) in [6.45, 7) is 18.9. The van der Waals surface area contributed by atoms with Gasteiger partial charge in [0, 0.05) is 13.1 Å². The Morgan fingerprint density at radius 2 is 1.58 bits per heavy atom. The molecule has 48 heavy (non-hydrogen) atoms. The lowest BCUT2D eigenvalue weighted by Crippen LogP contribution is -2.60. The van der Waals surface area contributed by atoms with Gasteiger partial charge in [-0.3, -0.25) is 19.2 Å². The Hall–Kier alpha value is -3.44. The fourth-order valence-electron chi connectivity index (χ4n) is 6.41. The van der Waals surface area contributed by atoms with E-state index in [1.54, 1.807) is 39.5 Å². The molecule has 1 saturated carbocycles. The predicted molar refractivity (Wildman–Crippen MR) is 185 cm³/mol. The molecular formula is C36H61N5O7. The molecule has 1 aliphatic heterocycles.